The summed E-state index contributed by atoms with van der Waals surface area (Å²) < 4.78 is 0. The zero-order valence-corrected chi connectivity index (χ0v) is 8.81. The van der Waals surface area contributed by atoms with Crippen LogP contribution in [0.2, 0.25) is 0 Å². The summed E-state index contributed by atoms with van der Waals surface area (Å²) in [4.78, 5) is 10.4. The van der Waals surface area contributed by atoms with Crippen LogP contribution in [0.15, 0.2) is 0 Å². The van der Waals surface area contributed by atoms with Gasteiger partial charge in [-0.3, -0.25) is 4.79 Å². The summed E-state index contributed by atoms with van der Waals surface area (Å²) in [6.07, 6.45) is 4.19. The minimum Gasteiger partial charge on any atom is -0.370 e. The number of primary amides is 1. The molecule has 0 aromatic rings. The van der Waals surface area contributed by atoms with Crippen molar-refractivity contribution in [3.05, 3.63) is 0 Å². The zero-order chi connectivity index (χ0) is 10.1. The normalized spacial score (nSPS) is 10.7. The Morgan fingerprint density at radius 2 is 2.00 bits per heavy atom. The number of amides is 1. The highest BCUT2D eigenvalue weighted by Gasteiger charge is 1.95. The molecule has 1 amide bonds. The Bertz CT molecular complexity index is 135. The Morgan fingerprint density at radius 1 is 1.31 bits per heavy atom. The summed E-state index contributed by atoms with van der Waals surface area (Å²) in [5, 5.41) is 3.19. The third kappa shape index (κ3) is 11.4. The van der Waals surface area contributed by atoms with Gasteiger partial charge < -0.3 is 11.1 Å². The van der Waals surface area contributed by atoms with E-state index in [-0.39, 0.29) is 5.91 Å². The topological polar surface area (TPSA) is 55.1 Å². The fraction of sp³-hybridized carbons (Fsp3) is 0.900. The van der Waals surface area contributed by atoms with E-state index in [2.05, 4.69) is 19.2 Å². The smallest absolute Gasteiger partial charge is 0.218 e. The highest BCUT2D eigenvalue weighted by Crippen LogP contribution is 2.04. The van der Waals surface area contributed by atoms with Crippen LogP contribution in [-0.4, -0.2) is 19.0 Å². The number of nitrogens with one attached hydrogen (secondary N) is 1. The molecular formula is C10H22N2O. The van der Waals surface area contributed by atoms with Gasteiger partial charge in [-0.15, -0.1) is 0 Å². The largest absolute Gasteiger partial charge is 0.370 e. The first-order valence-electron chi connectivity index (χ1n) is 5.12. The Morgan fingerprint density at radius 3 is 2.54 bits per heavy atom. The molecule has 3 nitrogen and oxygen atoms in total. The van der Waals surface area contributed by atoms with Gasteiger partial charge >= 0.3 is 0 Å². The van der Waals surface area contributed by atoms with Crippen molar-refractivity contribution in [2.24, 2.45) is 11.7 Å². The molecule has 78 valence electrons. The summed E-state index contributed by atoms with van der Waals surface area (Å²) in [7, 11) is 0. The van der Waals surface area contributed by atoms with Crippen LogP contribution < -0.4 is 11.1 Å². The number of hydrogen-bond donors (Lipinski definition) is 2. The summed E-state index contributed by atoms with van der Waals surface area (Å²) in [6.45, 7) is 6.19. The molecule has 3 N–H and O–H groups in total. The fourth-order valence-corrected chi connectivity index (χ4v) is 1.14. The Kier molecular flexibility index (Phi) is 7.69. The standard InChI is InChI=1S/C10H22N2O/c1-9(2)5-3-4-7-12-8-6-10(11)13/h9,12H,3-8H2,1-2H3,(H2,11,13). The Labute approximate surface area is 81.1 Å². The minimum atomic E-state index is -0.227. The first kappa shape index (κ1) is 12.4. The Hall–Kier alpha value is -0.570. The highest BCUT2D eigenvalue weighted by molar-refractivity contribution is 5.73. The molecule has 0 aromatic carbocycles. The van der Waals surface area contributed by atoms with E-state index in [0.717, 1.165) is 19.0 Å². The van der Waals surface area contributed by atoms with Crippen LogP contribution in [0.1, 0.15) is 39.5 Å². The molecular weight excluding hydrogens is 164 g/mol. The van der Waals surface area contributed by atoms with Gasteiger partial charge in [0.05, 0.1) is 0 Å². The molecule has 0 aliphatic carbocycles. The molecule has 0 bridgehead atoms. The molecule has 0 saturated heterocycles. The lowest BCUT2D eigenvalue weighted by Gasteiger charge is -2.05. The second-order valence-corrected chi connectivity index (χ2v) is 3.86. The average Bonchev–Trinajstić information content (AvgIpc) is 2.01. The molecule has 0 heterocycles. The van der Waals surface area contributed by atoms with Crippen LogP contribution in [-0.2, 0) is 4.79 Å². The molecule has 0 aromatic heterocycles. The second-order valence-electron chi connectivity index (χ2n) is 3.86. The van der Waals surface area contributed by atoms with E-state index in [9.17, 15) is 4.79 Å². The number of hydrogen-bond acceptors (Lipinski definition) is 2. The lowest BCUT2D eigenvalue weighted by atomic mass is 10.1. The van der Waals surface area contributed by atoms with E-state index in [4.69, 9.17) is 5.73 Å². The zero-order valence-electron chi connectivity index (χ0n) is 8.81. The maximum absolute atomic E-state index is 10.4. The van der Waals surface area contributed by atoms with E-state index in [1.807, 2.05) is 0 Å². The maximum atomic E-state index is 10.4. The monoisotopic (exact) mass is 186 g/mol. The maximum Gasteiger partial charge on any atom is 0.218 e. The molecule has 0 radical (unpaired) electrons. The van der Waals surface area contributed by atoms with Crippen molar-refractivity contribution < 1.29 is 4.79 Å². The van der Waals surface area contributed by atoms with E-state index in [1.54, 1.807) is 0 Å². The van der Waals surface area contributed by atoms with Gasteiger partial charge in [0.15, 0.2) is 0 Å². The van der Waals surface area contributed by atoms with Gasteiger partial charge in [0, 0.05) is 13.0 Å². The molecule has 0 aliphatic rings. The fourth-order valence-electron chi connectivity index (χ4n) is 1.14. The van der Waals surface area contributed by atoms with Crippen LogP contribution in [0.4, 0.5) is 0 Å². The summed E-state index contributed by atoms with van der Waals surface area (Å²) in [5.41, 5.74) is 4.99. The molecule has 0 unspecified atom stereocenters. The number of carbonyl (C=O) groups excluding carboxylic acids is 1. The summed E-state index contributed by atoms with van der Waals surface area (Å²) in [5.74, 6) is 0.570. The van der Waals surface area contributed by atoms with Crippen LogP contribution in [0.3, 0.4) is 0 Å². The quantitative estimate of drug-likeness (QED) is 0.561. The lowest BCUT2D eigenvalue weighted by molar-refractivity contribution is -0.117. The van der Waals surface area contributed by atoms with Crippen LogP contribution in [0.25, 0.3) is 0 Å². The van der Waals surface area contributed by atoms with Crippen molar-refractivity contribution in [2.75, 3.05) is 13.1 Å². The molecule has 0 rings (SSSR count). The van der Waals surface area contributed by atoms with Gasteiger partial charge in [-0.1, -0.05) is 26.7 Å². The van der Waals surface area contributed by atoms with Crippen molar-refractivity contribution in [3.63, 3.8) is 0 Å². The van der Waals surface area contributed by atoms with Crippen LogP contribution in [0, 0.1) is 5.92 Å². The highest BCUT2D eigenvalue weighted by atomic mass is 16.1. The predicted octanol–water partition coefficient (Wildman–Crippen LogP) is 1.28. The number of unbranched alkanes of at least 4 members (excludes halogenated alkanes) is 1. The first-order chi connectivity index (χ1) is 6.13. The second kappa shape index (κ2) is 8.05. The van der Waals surface area contributed by atoms with Crippen molar-refractivity contribution >= 4 is 5.91 Å². The average molecular weight is 186 g/mol. The van der Waals surface area contributed by atoms with E-state index < -0.39 is 0 Å². The van der Waals surface area contributed by atoms with Gasteiger partial charge in [-0.05, 0) is 18.9 Å². The molecule has 13 heavy (non-hydrogen) atoms. The minimum absolute atomic E-state index is 0.227. The Balaban J connectivity index is 2.96. The number of nitrogens with two attached hydrogens (primary N) is 1. The molecule has 0 aliphatic heterocycles. The number of carbonyl (C=O) groups is 1. The van der Waals surface area contributed by atoms with Crippen LogP contribution in [0.5, 0.6) is 0 Å². The molecule has 0 fully saturated rings. The van der Waals surface area contributed by atoms with Crippen molar-refractivity contribution in [1.29, 1.82) is 0 Å². The van der Waals surface area contributed by atoms with Crippen LogP contribution >= 0.6 is 0 Å². The first-order valence-corrected chi connectivity index (χ1v) is 5.12. The third-order valence-corrected chi connectivity index (χ3v) is 1.93. The van der Waals surface area contributed by atoms with Crippen molar-refractivity contribution in [3.8, 4) is 0 Å². The SMILES string of the molecule is CC(C)CCCCNCCC(N)=O. The van der Waals surface area contributed by atoms with Gasteiger partial charge in [0.25, 0.3) is 0 Å². The van der Waals surface area contributed by atoms with Crippen molar-refractivity contribution in [2.45, 2.75) is 39.5 Å². The lowest BCUT2D eigenvalue weighted by Crippen LogP contribution is -2.22. The molecule has 3 heteroatoms. The van der Waals surface area contributed by atoms with Gasteiger partial charge in [-0.25, -0.2) is 0 Å². The summed E-state index contributed by atoms with van der Waals surface area (Å²) in [6, 6.07) is 0. The van der Waals surface area contributed by atoms with Gasteiger partial charge in [0.1, 0.15) is 0 Å². The van der Waals surface area contributed by atoms with Gasteiger partial charge in [0.2, 0.25) is 5.91 Å². The third-order valence-electron chi connectivity index (χ3n) is 1.93. The van der Waals surface area contributed by atoms with E-state index >= 15 is 0 Å². The van der Waals surface area contributed by atoms with E-state index in [0.29, 0.717) is 6.42 Å². The van der Waals surface area contributed by atoms with E-state index in [1.165, 1.54) is 19.3 Å². The molecule has 0 atom stereocenters. The van der Waals surface area contributed by atoms with Crippen molar-refractivity contribution in [1.82, 2.24) is 5.32 Å². The predicted molar refractivity (Wildman–Crippen MR) is 55.4 cm³/mol. The number of rotatable bonds is 8. The molecule has 0 spiro atoms. The summed E-state index contributed by atoms with van der Waals surface area (Å²) >= 11 is 0. The molecule has 0 saturated carbocycles. The van der Waals surface area contributed by atoms with Gasteiger partial charge in [-0.2, -0.15) is 0 Å².